The van der Waals surface area contributed by atoms with Crippen LogP contribution in [0.15, 0.2) is 29.1 Å². The lowest BCUT2D eigenvalue weighted by Gasteiger charge is -2.19. The van der Waals surface area contributed by atoms with Gasteiger partial charge in [0.1, 0.15) is 0 Å². The maximum Gasteiger partial charge on any atom is 0.305 e. The number of fused-ring (bicyclic) bond motifs is 3. The van der Waals surface area contributed by atoms with Gasteiger partial charge in [-0.25, -0.2) is 0 Å². The molecule has 0 saturated heterocycles. The Morgan fingerprint density at radius 1 is 0.927 bits per heavy atom. The zero-order chi connectivity index (χ0) is 29.9. The van der Waals surface area contributed by atoms with E-state index in [0.717, 1.165) is 16.7 Å². The molecule has 222 valence electrons. The molecule has 1 aliphatic rings. The summed E-state index contributed by atoms with van der Waals surface area (Å²) in [6, 6.07) is 6.62. The number of anilines is 1. The van der Waals surface area contributed by atoms with Crippen molar-refractivity contribution in [1.29, 1.82) is 0 Å². The molecular weight excluding hydrogens is 530 g/mol. The summed E-state index contributed by atoms with van der Waals surface area (Å²) >= 11 is 0. The van der Waals surface area contributed by atoms with Crippen molar-refractivity contribution < 1.29 is 33.3 Å². The molecule has 11 heteroatoms. The normalized spacial score (nSPS) is 13.5. The summed E-state index contributed by atoms with van der Waals surface area (Å²) < 4.78 is 21.6. The van der Waals surface area contributed by atoms with Gasteiger partial charge in [0.05, 0.1) is 40.2 Å². The number of carbonyl (C=O) groups is 3. The zero-order valence-electron chi connectivity index (χ0n) is 24.3. The van der Waals surface area contributed by atoms with E-state index in [1.807, 2.05) is 12.1 Å². The Morgan fingerprint density at radius 2 is 1.66 bits per heavy atom. The van der Waals surface area contributed by atoms with Crippen molar-refractivity contribution in [3.05, 3.63) is 45.6 Å². The summed E-state index contributed by atoms with van der Waals surface area (Å²) in [7, 11) is 5.98. The van der Waals surface area contributed by atoms with Crippen LogP contribution in [0, 0.1) is 0 Å². The molecular formula is C30H39N3O8. The predicted octanol–water partition coefficient (Wildman–Crippen LogP) is 3.12. The van der Waals surface area contributed by atoms with Crippen LogP contribution < -0.4 is 35.6 Å². The lowest BCUT2D eigenvalue weighted by Crippen LogP contribution is -2.26. The monoisotopic (exact) mass is 569 g/mol. The molecule has 0 unspecified atom stereocenters. The van der Waals surface area contributed by atoms with E-state index >= 15 is 0 Å². The third kappa shape index (κ3) is 7.90. The van der Waals surface area contributed by atoms with Crippen molar-refractivity contribution >= 4 is 23.5 Å². The summed E-state index contributed by atoms with van der Waals surface area (Å²) in [6.07, 6.45) is 2.71. The number of rotatable bonds is 13. The maximum atomic E-state index is 13.3. The second-order valence-electron chi connectivity index (χ2n) is 9.66. The Bertz CT molecular complexity index is 1330. The molecule has 0 aliphatic heterocycles. The Hall–Kier alpha value is -4.28. The zero-order valence-corrected chi connectivity index (χ0v) is 24.3. The van der Waals surface area contributed by atoms with E-state index in [2.05, 4.69) is 20.7 Å². The summed E-state index contributed by atoms with van der Waals surface area (Å²) in [4.78, 5) is 48.7. The smallest absolute Gasteiger partial charge is 0.305 e. The fraction of sp³-hybridized carbons (Fsp3) is 0.467. The molecule has 11 nitrogen and oxygen atoms in total. The van der Waals surface area contributed by atoms with Gasteiger partial charge in [0.15, 0.2) is 11.5 Å². The minimum atomic E-state index is -0.396. The van der Waals surface area contributed by atoms with Crippen LogP contribution in [0.5, 0.6) is 17.2 Å². The van der Waals surface area contributed by atoms with Gasteiger partial charge in [-0.2, -0.15) is 0 Å². The third-order valence-corrected chi connectivity index (χ3v) is 6.92. The van der Waals surface area contributed by atoms with Gasteiger partial charge >= 0.3 is 5.97 Å². The van der Waals surface area contributed by atoms with Crippen molar-refractivity contribution in [3.63, 3.8) is 0 Å². The number of nitrogens with one attached hydrogen (secondary N) is 3. The molecule has 3 rings (SSSR count). The summed E-state index contributed by atoms with van der Waals surface area (Å²) in [5, 5.41) is 8.92. The van der Waals surface area contributed by atoms with Crippen molar-refractivity contribution in [2.24, 2.45) is 0 Å². The minimum Gasteiger partial charge on any atom is -0.493 e. The lowest BCUT2D eigenvalue weighted by atomic mass is 9.95. The Morgan fingerprint density at radius 3 is 2.32 bits per heavy atom. The molecule has 41 heavy (non-hydrogen) atoms. The number of esters is 1. The fourth-order valence-electron chi connectivity index (χ4n) is 4.98. The second-order valence-corrected chi connectivity index (χ2v) is 9.66. The molecule has 2 aromatic carbocycles. The van der Waals surface area contributed by atoms with E-state index in [1.54, 1.807) is 26.4 Å². The van der Waals surface area contributed by atoms with E-state index in [9.17, 15) is 19.2 Å². The van der Waals surface area contributed by atoms with Gasteiger partial charge in [0.2, 0.25) is 23.0 Å². The van der Waals surface area contributed by atoms with Crippen molar-refractivity contribution in [2.45, 2.75) is 51.5 Å². The highest BCUT2D eigenvalue weighted by Crippen LogP contribution is 2.50. The van der Waals surface area contributed by atoms with E-state index in [4.69, 9.17) is 14.2 Å². The van der Waals surface area contributed by atoms with Crippen molar-refractivity contribution in [1.82, 2.24) is 10.6 Å². The number of methoxy groups -OCH3 is 4. The van der Waals surface area contributed by atoms with Gasteiger partial charge in [0, 0.05) is 38.4 Å². The molecule has 0 saturated carbocycles. The van der Waals surface area contributed by atoms with Gasteiger partial charge in [-0.1, -0.05) is 6.07 Å². The number of ether oxygens (including phenoxy) is 4. The highest BCUT2D eigenvalue weighted by Gasteiger charge is 2.29. The number of hydrogen-bond acceptors (Lipinski definition) is 9. The quantitative estimate of drug-likeness (QED) is 0.245. The summed E-state index contributed by atoms with van der Waals surface area (Å²) in [5.41, 5.74) is 3.27. The van der Waals surface area contributed by atoms with Crippen molar-refractivity contribution in [2.75, 3.05) is 46.8 Å². The van der Waals surface area contributed by atoms with Crippen LogP contribution in [-0.2, 0) is 25.5 Å². The number of aryl methyl sites for hydroxylation is 1. The van der Waals surface area contributed by atoms with E-state index in [1.165, 1.54) is 21.1 Å². The van der Waals surface area contributed by atoms with E-state index < -0.39 is 6.04 Å². The first kappa shape index (κ1) is 31.3. The Kier molecular flexibility index (Phi) is 11.4. The molecule has 0 heterocycles. The molecule has 2 aromatic rings. The molecule has 3 N–H and O–H groups in total. The largest absolute Gasteiger partial charge is 0.493 e. The number of hydrogen-bond donors (Lipinski definition) is 3. The Labute approximate surface area is 239 Å². The topological polar surface area (TPSA) is 141 Å². The molecule has 1 aliphatic carbocycles. The molecule has 1 atom stereocenters. The van der Waals surface area contributed by atoms with Crippen LogP contribution >= 0.6 is 0 Å². The van der Waals surface area contributed by atoms with Gasteiger partial charge in [-0.15, -0.1) is 0 Å². The average Bonchev–Trinajstić information content (AvgIpc) is 3.20. The molecule has 2 amide bonds. The minimum absolute atomic E-state index is 0.129. The molecule has 0 fully saturated rings. The summed E-state index contributed by atoms with van der Waals surface area (Å²) in [5.74, 6) is 0.813. The maximum absolute atomic E-state index is 13.3. The highest BCUT2D eigenvalue weighted by molar-refractivity contribution is 5.84. The molecule has 0 aromatic heterocycles. The van der Waals surface area contributed by atoms with Crippen LogP contribution in [0.2, 0.25) is 0 Å². The molecule has 0 radical (unpaired) electrons. The lowest BCUT2D eigenvalue weighted by molar-refractivity contribution is -0.140. The van der Waals surface area contributed by atoms with E-state index in [-0.39, 0.29) is 36.1 Å². The van der Waals surface area contributed by atoms with Gasteiger partial charge in [0.25, 0.3) is 0 Å². The first-order valence-corrected chi connectivity index (χ1v) is 13.6. The number of amides is 2. The van der Waals surface area contributed by atoms with Crippen molar-refractivity contribution in [3.8, 4) is 28.4 Å². The van der Waals surface area contributed by atoms with Crippen LogP contribution in [-0.4, -0.2) is 59.3 Å². The molecule has 0 bridgehead atoms. The second kappa shape index (κ2) is 14.9. The van der Waals surface area contributed by atoms with Crippen LogP contribution in [0.25, 0.3) is 11.1 Å². The average molecular weight is 570 g/mol. The number of carbonyl (C=O) groups excluding carboxylic acids is 3. The van der Waals surface area contributed by atoms with Crippen LogP contribution in [0.3, 0.4) is 0 Å². The highest BCUT2D eigenvalue weighted by atomic mass is 16.5. The first-order chi connectivity index (χ1) is 19.7. The molecule has 0 spiro atoms. The Balaban J connectivity index is 1.86. The van der Waals surface area contributed by atoms with E-state index in [0.29, 0.717) is 67.3 Å². The SMILES string of the molecule is COC(=O)CCCNC(=O)CCCNc1ccc2c(cc1=O)[C@@H](NC(C)=O)CCc1cc(OC)c(OC)c(OC)c1-2. The van der Waals surface area contributed by atoms with Crippen LogP contribution in [0.1, 0.15) is 56.2 Å². The van der Waals surface area contributed by atoms with Crippen LogP contribution in [0.4, 0.5) is 5.69 Å². The first-order valence-electron chi connectivity index (χ1n) is 13.6. The fourth-order valence-corrected chi connectivity index (χ4v) is 4.98. The standard InChI is InChI=1S/C30H39N3O8/c1-18(34)33-22-12-10-19-16-25(38-2)29(40-4)30(41-5)28(19)20-11-13-23(24(35)17-21(20)22)31-14-6-8-26(36)32-15-7-9-27(37)39-3/h11,13,16-17,22H,6-10,12,14-15H2,1-5H3,(H,31,35)(H,32,36)(H,33,34)/t22-/m0/s1. The number of benzene rings is 1. The van der Waals surface area contributed by atoms with Gasteiger partial charge in [-0.05, 0) is 60.6 Å². The third-order valence-electron chi connectivity index (χ3n) is 6.92. The van der Waals surface area contributed by atoms with Gasteiger partial charge in [-0.3, -0.25) is 19.2 Å². The summed E-state index contributed by atoms with van der Waals surface area (Å²) in [6.45, 7) is 2.25. The predicted molar refractivity (Wildman–Crippen MR) is 155 cm³/mol. The van der Waals surface area contributed by atoms with Gasteiger partial charge < -0.3 is 34.9 Å².